The van der Waals surface area contributed by atoms with Gasteiger partial charge in [0.1, 0.15) is 5.82 Å². The summed E-state index contributed by atoms with van der Waals surface area (Å²) in [6.07, 6.45) is 3.43. The lowest BCUT2D eigenvalue weighted by Gasteiger charge is -2.12. The molecule has 0 saturated carbocycles. The maximum Gasteiger partial charge on any atom is 0.262 e. The summed E-state index contributed by atoms with van der Waals surface area (Å²) in [7, 11) is 0. The molecule has 0 spiro atoms. The van der Waals surface area contributed by atoms with Gasteiger partial charge < -0.3 is 4.57 Å². The number of aromatic nitrogens is 6. The second-order valence-corrected chi connectivity index (χ2v) is 7.05. The van der Waals surface area contributed by atoms with Crippen LogP contribution >= 0.6 is 11.6 Å². The summed E-state index contributed by atoms with van der Waals surface area (Å²) >= 11 is 6.49. The number of benzene rings is 1. The summed E-state index contributed by atoms with van der Waals surface area (Å²) in [6, 6.07) is 14.8. The van der Waals surface area contributed by atoms with E-state index in [1.807, 2.05) is 42.5 Å². The maximum atomic E-state index is 13.5. The minimum atomic E-state index is -0.189. The first-order chi connectivity index (χ1) is 14.1. The van der Waals surface area contributed by atoms with E-state index >= 15 is 0 Å². The zero-order chi connectivity index (χ0) is 20.0. The molecule has 142 valence electrons. The average Bonchev–Trinajstić information content (AvgIpc) is 3.10. The quantitative estimate of drug-likeness (QED) is 0.461. The van der Waals surface area contributed by atoms with Crippen molar-refractivity contribution in [3.8, 4) is 11.3 Å². The predicted molar refractivity (Wildman–Crippen MR) is 111 cm³/mol. The molecule has 0 aliphatic carbocycles. The van der Waals surface area contributed by atoms with Crippen LogP contribution in [0.25, 0.3) is 27.9 Å². The Morgan fingerprint density at radius 2 is 1.86 bits per heavy atom. The second-order valence-electron chi connectivity index (χ2n) is 6.64. The summed E-state index contributed by atoms with van der Waals surface area (Å²) < 4.78 is 3.20. The molecule has 0 aliphatic rings. The van der Waals surface area contributed by atoms with Gasteiger partial charge in [0.05, 0.1) is 28.8 Å². The molecule has 4 heterocycles. The van der Waals surface area contributed by atoms with E-state index in [4.69, 9.17) is 11.6 Å². The van der Waals surface area contributed by atoms with Gasteiger partial charge in [-0.1, -0.05) is 35.9 Å². The number of aryl methyl sites for hydroxylation is 1. The first kappa shape index (κ1) is 17.5. The lowest BCUT2D eigenvalue weighted by molar-refractivity contribution is 0.745. The van der Waals surface area contributed by atoms with E-state index in [2.05, 4.69) is 20.1 Å². The fourth-order valence-corrected chi connectivity index (χ4v) is 3.64. The molecule has 29 heavy (non-hydrogen) atoms. The van der Waals surface area contributed by atoms with Crippen molar-refractivity contribution >= 4 is 28.3 Å². The Labute approximate surface area is 170 Å². The number of halogens is 1. The SMILES string of the molecule is Cc1nc2nc3ccn(Cc4ccccn4)c(=O)c3c(-c3ccccc3Cl)n2n1. The van der Waals surface area contributed by atoms with Gasteiger partial charge in [0.15, 0.2) is 0 Å². The molecule has 0 radical (unpaired) electrons. The van der Waals surface area contributed by atoms with Gasteiger partial charge in [-0.05, 0) is 31.2 Å². The Morgan fingerprint density at radius 1 is 1.03 bits per heavy atom. The van der Waals surface area contributed by atoms with Gasteiger partial charge in [0.25, 0.3) is 11.3 Å². The van der Waals surface area contributed by atoms with E-state index < -0.39 is 0 Å². The van der Waals surface area contributed by atoms with E-state index in [1.54, 1.807) is 34.5 Å². The summed E-state index contributed by atoms with van der Waals surface area (Å²) in [5.41, 5.74) is 2.42. The van der Waals surface area contributed by atoms with Crippen molar-refractivity contribution in [2.24, 2.45) is 0 Å². The second kappa shape index (κ2) is 6.79. The number of pyridine rings is 2. The summed E-state index contributed by atoms with van der Waals surface area (Å²) in [6.45, 7) is 2.14. The number of fused-ring (bicyclic) bond motifs is 2. The molecule has 0 atom stereocenters. The van der Waals surface area contributed by atoms with Gasteiger partial charge >= 0.3 is 0 Å². The van der Waals surface area contributed by atoms with Crippen LogP contribution in [-0.2, 0) is 6.54 Å². The molecule has 0 amide bonds. The van der Waals surface area contributed by atoms with Crippen molar-refractivity contribution in [1.82, 2.24) is 29.1 Å². The van der Waals surface area contributed by atoms with Crippen molar-refractivity contribution in [3.05, 3.63) is 87.8 Å². The third kappa shape index (κ3) is 2.96. The minimum Gasteiger partial charge on any atom is -0.309 e. The van der Waals surface area contributed by atoms with Crippen molar-refractivity contribution in [1.29, 1.82) is 0 Å². The van der Waals surface area contributed by atoms with Crippen LogP contribution in [0.4, 0.5) is 0 Å². The molecular weight excluding hydrogens is 388 g/mol. The normalized spacial score (nSPS) is 11.4. The number of hydrogen-bond acceptors (Lipinski definition) is 5. The highest BCUT2D eigenvalue weighted by molar-refractivity contribution is 6.33. The Bertz CT molecular complexity index is 1420. The summed E-state index contributed by atoms with van der Waals surface area (Å²) in [5, 5.41) is 5.42. The van der Waals surface area contributed by atoms with Gasteiger partial charge in [-0.15, -0.1) is 5.10 Å². The molecular formula is C21H15ClN6O. The third-order valence-electron chi connectivity index (χ3n) is 4.70. The highest BCUT2D eigenvalue weighted by Gasteiger charge is 2.19. The molecule has 0 N–H and O–H groups in total. The molecule has 0 saturated heterocycles. The highest BCUT2D eigenvalue weighted by atomic mass is 35.5. The molecule has 7 nitrogen and oxygen atoms in total. The van der Waals surface area contributed by atoms with E-state index in [0.29, 0.717) is 45.3 Å². The monoisotopic (exact) mass is 402 g/mol. The molecule has 0 unspecified atom stereocenters. The molecule has 0 fully saturated rings. The zero-order valence-electron chi connectivity index (χ0n) is 15.5. The smallest absolute Gasteiger partial charge is 0.262 e. The Kier molecular flexibility index (Phi) is 4.10. The standard InChI is InChI=1S/C21H15ClN6O/c1-13-24-21-25-17-9-11-27(12-14-6-4-5-10-23-14)20(29)18(17)19(28(21)26-13)15-7-2-3-8-16(15)22/h2-11H,12H2,1H3. The largest absolute Gasteiger partial charge is 0.309 e. The average molecular weight is 403 g/mol. The van der Waals surface area contributed by atoms with E-state index in [-0.39, 0.29) is 5.56 Å². The van der Waals surface area contributed by atoms with Crippen molar-refractivity contribution in [2.75, 3.05) is 0 Å². The molecule has 0 aliphatic heterocycles. The topological polar surface area (TPSA) is 78.0 Å². The fourth-order valence-electron chi connectivity index (χ4n) is 3.41. The highest BCUT2D eigenvalue weighted by Crippen LogP contribution is 2.31. The van der Waals surface area contributed by atoms with E-state index in [1.165, 1.54) is 0 Å². The van der Waals surface area contributed by atoms with Gasteiger partial charge in [-0.25, -0.2) is 4.98 Å². The van der Waals surface area contributed by atoms with Crippen molar-refractivity contribution in [2.45, 2.75) is 13.5 Å². The van der Waals surface area contributed by atoms with Crippen LogP contribution in [0.2, 0.25) is 5.02 Å². The van der Waals surface area contributed by atoms with E-state index in [9.17, 15) is 4.79 Å². The van der Waals surface area contributed by atoms with Crippen LogP contribution in [0.1, 0.15) is 11.5 Å². The van der Waals surface area contributed by atoms with Gasteiger partial charge in [0.2, 0.25) is 0 Å². The molecule has 4 aromatic heterocycles. The number of nitrogens with zero attached hydrogens (tertiary/aromatic N) is 6. The maximum absolute atomic E-state index is 13.5. The summed E-state index contributed by atoms with van der Waals surface area (Å²) in [4.78, 5) is 26.7. The zero-order valence-corrected chi connectivity index (χ0v) is 16.2. The Balaban J connectivity index is 1.86. The van der Waals surface area contributed by atoms with Crippen LogP contribution in [0.3, 0.4) is 0 Å². The van der Waals surface area contributed by atoms with Crippen molar-refractivity contribution < 1.29 is 0 Å². The van der Waals surface area contributed by atoms with E-state index in [0.717, 1.165) is 5.69 Å². The van der Waals surface area contributed by atoms with Crippen LogP contribution in [0.15, 0.2) is 65.7 Å². The van der Waals surface area contributed by atoms with Gasteiger partial charge in [-0.3, -0.25) is 9.78 Å². The minimum absolute atomic E-state index is 0.189. The Hall–Kier alpha value is -3.58. The molecule has 0 bridgehead atoms. The molecule has 5 rings (SSSR count). The van der Waals surface area contributed by atoms with Crippen LogP contribution < -0.4 is 5.56 Å². The predicted octanol–water partition coefficient (Wildman–Crippen LogP) is 3.51. The molecule has 5 aromatic rings. The lowest BCUT2D eigenvalue weighted by atomic mass is 10.1. The summed E-state index contributed by atoms with van der Waals surface area (Å²) in [5.74, 6) is 0.988. The number of rotatable bonds is 3. The molecule has 1 aromatic carbocycles. The Morgan fingerprint density at radius 3 is 2.66 bits per heavy atom. The first-order valence-electron chi connectivity index (χ1n) is 9.03. The van der Waals surface area contributed by atoms with Crippen molar-refractivity contribution in [3.63, 3.8) is 0 Å². The third-order valence-corrected chi connectivity index (χ3v) is 5.03. The lowest BCUT2D eigenvalue weighted by Crippen LogP contribution is -2.22. The fraction of sp³-hybridized carbons (Fsp3) is 0.0952. The number of hydrogen-bond donors (Lipinski definition) is 0. The molecule has 8 heteroatoms. The van der Waals surface area contributed by atoms with Gasteiger partial charge in [0, 0.05) is 23.0 Å². The van der Waals surface area contributed by atoms with Crippen LogP contribution in [0, 0.1) is 6.92 Å². The van der Waals surface area contributed by atoms with Crippen LogP contribution in [0.5, 0.6) is 0 Å². The first-order valence-corrected chi connectivity index (χ1v) is 9.41. The van der Waals surface area contributed by atoms with Gasteiger partial charge in [-0.2, -0.15) is 9.50 Å². The van der Waals surface area contributed by atoms with Crippen LogP contribution in [-0.4, -0.2) is 29.1 Å².